The van der Waals surface area contributed by atoms with E-state index < -0.39 is 0 Å². The number of aryl methyl sites for hydroxylation is 2. The van der Waals surface area contributed by atoms with Gasteiger partial charge >= 0.3 is 0 Å². The fraction of sp³-hybridized carbons (Fsp3) is 0.136. The number of fused-ring (bicyclic) bond motifs is 2. The Morgan fingerprint density at radius 1 is 1.07 bits per heavy atom. The molecule has 0 spiro atoms. The predicted octanol–water partition coefficient (Wildman–Crippen LogP) is 3.81. The molecule has 4 rings (SSSR count). The average molecular weight is 357 g/mol. The number of aromatic nitrogens is 2. The molecule has 0 saturated heterocycles. The molecule has 0 saturated carbocycles. The van der Waals surface area contributed by atoms with E-state index in [0.29, 0.717) is 5.39 Å². The van der Waals surface area contributed by atoms with E-state index in [1.54, 1.807) is 23.0 Å². The van der Waals surface area contributed by atoms with Crippen LogP contribution >= 0.6 is 0 Å². The summed E-state index contributed by atoms with van der Waals surface area (Å²) in [6.45, 7) is 4.16. The SMILES string of the molecule is Cc1cc(C)c2nccc(NC(=O)Cn3ccc(=O)c4ccccc43)c2c1. The van der Waals surface area contributed by atoms with Gasteiger partial charge in [0.25, 0.3) is 0 Å². The number of nitrogens with one attached hydrogen (secondary N) is 1. The molecule has 1 amide bonds. The fourth-order valence-electron chi connectivity index (χ4n) is 3.46. The van der Waals surface area contributed by atoms with Gasteiger partial charge in [0.1, 0.15) is 6.54 Å². The van der Waals surface area contributed by atoms with Gasteiger partial charge in [0.15, 0.2) is 5.43 Å². The van der Waals surface area contributed by atoms with Gasteiger partial charge in [0, 0.05) is 29.2 Å². The molecular weight excluding hydrogens is 338 g/mol. The molecule has 1 N–H and O–H groups in total. The highest BCUT2D eigenvalue weighted by Crippen LogP contribution is 2.25. The van der Waals surface area contributed by atoms with E-state index in [9.17, 15) is 9.59 Å². The first kappa shape index (κ1) is 17.0. The summed E-state index contributed by atoms with van der Waals surface area (Å²) < 4.78 is 1.78. The van der Waals surface area contributed by atoms with E-state index >= 15 is 0 Å². The molecule has 0 aliphatic rings. The van der Waals surface area contributed by atoms with E-state index in [0.717, 1.165) is 33.2 Å². The Morgan fingerprint density at radius 3 is 2.74 bits per heavy atom. The predicted molar refractivity (Wildman–Crippen MR) is 108 cm³/mol. The van der Waals surface area contributed by atoms with Gasteiger partial charge in [-0.25, -0.2) is 0 Å². The summed E-state index contributed by atoms with van der Waals surface area (Å²) in [5, 5.41) is 4.52. The van der Waals surface area contributed by atoms with Gasteiger partial charge in [-0.05, 0) is 43.7 Å². The summed E-state index contributed by atoms with van der Waals surface area (Å²) in [7, 11) is 0. The Hall–Kier alpha value is -3.47. The lowest BCUT2D eigenvalue weighted by atomic mass is 10.1. The molecule has 4 aromatic rings. The van der Waals surface area contributed by atoms with E-state index in [4.69, 9.17) is 0 Å². The number of hydrogen-bond acceptors (Lipinski definition) is 3. The van der Waals surface area contributed by atoms with Gasteiger partial charge in [0.2, 0.25) is 5.91 Å². The number of para-hydroxylation sites is 1. The molecule has 0 bridgehead atoms. The quantitative estimate of drug-likeness (QED) is 0.606. The Kier molecular flexibility index (Phi) is 4.20. The van der Waals surface area contributed by atoms with Crippen LogP contribution in [-0.4, -0.2) is 15.5 Å². The maximum Gasteiger partial charge on any atom is 0.244 e. The molecule has 5 nitrogen and oxygen atoms in total. The number of pyridine rings is 2. The molecule has 0 aliphatic carbocycles. The van der Waals surface area contributed by atoms with Crippen LogP contribution < -0.4 is 10.7 Å². The van der Waals surface area contributed by atoms with Gasteiger partial charge in [-0.2, -0.15) is 0 Å². The van der Waals surface area contributed by atoms with Gasteiger partial charge in [-0.3, -0.25) is 14.6 Å². The van der Waals surface area contributed by atoms with Crippen LogP contribution in [0.15, 0.2) is 65.7 Å². The van der Waals surface area contributed by atoms with Crippen molar-refractivity contribution in [1.29, 1.82) is 0 Å². The van der Waals surface area contributed by atoms with Crippen molar-refractivity contribution in [2.45, 2.75) is 20.4 Å². The monoisotopic (exact) mass is 357 g/mol. The highest BCUT2D eigenvalue weighted by atomic mass is 16.2. The van der Waals surface area contributed by atoms with Crippen LogP contribution in [0.3, 0.4) is 0 Å². The molecule has 134 valence electrons. The second-order valence-electron chi connectivity index (χ2n) is 6.71. The smallest absolute Gasteiger partial charge is 0.244 e. The molecule has 27 heavy (non-hydrogen) atoms. The van der Waals surface area contributed by atoms with Crippen molar-refractivity contribution in [3.05, 3.63) is 82.3 Å². The maximum absolute atomic E-state index is 12.7. The van der Waals surface area contributed by atoms with Crippen molar-refractivity contribution in [3.8, 4) is 0 Å². The first-order valence-corrected chi connectivity index (χ1v) is 8.77. The van der Waals surface area contributed by atoms with E-state index in [-0.39, 0.29) is 17.9 Å². The van der Waals surface area contributed by atoms with Crippen molar-refractivity contribution in [3.63, 3.8) is 0 Å². The van der Waals surface area contributed by atoms with Gasteiger partial charge in [-0.1, -0.05) is 23.8 Å². The third-order valence-corrected chi connectivity index (χ3v) is 4.65. The zero-order valence-corrected chi connectivity index (χ0v) is 15.2. The van der Waals surface area contributed by atoms with Crippen LogP contribution in [-0.2, 0) is 11.3 Å². The fourth-order valence-corrected chi connectivity index (χ4v) is 3.46. The Morgan fingerprint density at radius 2 is 1.89 bits per heavy atom. The molecule has 2 aromatic heterocycles. The summed E-state index contributed by atoms with van der Waals surface area (Å²) in [4.78, 5) is 29.1. The number of hydrogen-bond donors (Lipinski definition) is 1. The van der Waals surface area contributed by atoms with Gasteiger partial charge in [0.05, 0.1) is 16.7 Å². The number of anilines is 1. The third-order valence-electron chi connectivity index (χ3n) is 4.65. The number of rotatable bonds is 3. The van der Waals surface area contributed by atoms with E-state index in [1.165, 1.54) is 6.07 Å². The van der Waals surface area contributed by atoms with Crippen LogP contribution in [0.4, 0.5) is 5.69 Å². The van der Waals surface area contributed by atoms with Crippen LogP contribution in [0.5, 0.6) is 0 Å². The largest absolute Gasteiger partial charge is 0.338 e. The molecule has 5 heteroatoms. The van der Waals surface area contributed by atoms with E-state index in [2.05, 4.69) is 16.4 Å². The second kappa shape index (κ2) is 6.68. The first-order valence-electron chi connectivity index (χ1n) is 8.77. The lowest BCUT2D eigenvalue weighted by Gasteiger charge is -2.13. The average Bonchev–Trinajstić information content (AvgIpc) is 2.65. The minimum atomic E-state index is -0.157. The molecular formula is C22H19N3O2. The molecule has 0 unspecified atom stereocenters. The second-order valence-corrected chi connectivity index (χ2v) is 6.71. The first-order chi connectivity index (χ1) is 13.0. The van der Waals surface area contributed by atoms with Crippen LogP contribution in [0.25, 0.3) is 21.8 Å². The zero-order chi connectivity index (χ0) is 19.0. The standard InChI is InChI=1S/C22H19N3O2/c1-14-11-15(2)22-17(12-14)18(7-9-23-22)24-21(27)13-25-10-8-20(26)16-5-3-4-6-19(16)25/h3-12H,13H2,1-2H3,(H,23,24,27). The van der Waals surface area contributed by atoms with Crippen molar-refractivity contribution in [2.75, 3.05) is 5.32 Å². The minimum Gasteiger partial charge on any atom is -0.338 e. The summed E-state index contributed by atoms with van der Waals surface area (Å²) in [6, 6.07) is 14.7. The number of amides is 1. The lowest BCUT2D eigenvalue weighted by Crippen LogP contribution is -2.20. The molecule has 0 fully saturated rings. The zero-order valence-electron chi connectivity index (χ0n) is 15.2. The van der Waals surface area contributed by atoms with E-state index in [1.807, 2.05) is 44.2 Å². The topological polar surface area (TPSA) is 64.0 Å². The molecule has 0 aliphatic heterocycles. The highest BCUT2D eigenvalue weighted by molar-refractivity contribution is 6.02. The Balaban J connectivity index is 1.68. The van der Waals surface area contributed by atoms with Crippen LogP contribution in [0, 0.1) is 13.8 Å². The summed E-state index contributed by atoms with van der Waals surface area (Å²) in [5.74, 6) is -0.157. The number of carbonyl (C=O) groups excluding carboxylic acids is 1. The van der Waals surface area contributed by atoms with Crippen molar-refractivity contribution >= 4 is 33.4 Å². The summed E-state index contributed by atoms with van der Waals surface area (Å²) in [6.07, 6.45) is 3.36. The maximum atomic E-state index is 12.7. The van der Waals surface area contributed by atoms with Crippen molar-refractivity contribution in [1.82, 2.24) is 9.55 Å². The summed E-state index contributed by atoms with van der Waals surface area (Å²) >= 11 is 0. The summed E-state index contributed by atoms with van der Waals surface area (Å²) in [5.41, 5.74) is 4.51. The Bertz CT molecular complexity index is 1240. The third kappa shape index (κ3) is 3.19. The van der Waals surface area contributed by atoms with Crippen molar-refractivity contribution in [2.24, 2.45) is 0 Å². The van der Waals surface area contributed by atoms with Gasteiger partial charge in [-0.15, -0.1) is 0 Å². The molecule has 0 radical (unpaired) electrons. The minimum absolute atomic E-state index is 0.0478. The number of carbonyl (C=O) groups is 1. The van der Waals surface area contributed by atoms with Crippen molar-refractivity contribution < 1.29 is 4.79 Å². The Labute approximate surface area is 156 Å². The van der Waals surface area contributed by atoms with Crippen LogP contribution in [0.1, 0.15) is 11.1 Å². The number of benzene rings is 2. The lowest BCUT2D eigenvalue weighted by molar-refractivity contribution is -0.116. The highest BCUT2D eigenvalue weighted by Gasteiger charge is 2.10. The molecule has 2 heterocycles. The normalized spacial score (nSPS) is 11.0. The molecule has 2 aromatic carbocycles. The molecule has 0 atom stereocenters. The number of nitrogens with zero attached hydrogens (tertiary/aromatic N) is 2. The van der Waals surface area contributed by atoms with Crippen LogP contribution in [0.2, 0.25) is 0 Å². The van der Waals surface area contributed by atoms with Gasteiger partial charge < -0.3 is 9.88 Å².